The van der Waals surface area contributed by atoms with E-state index >= 15 is 0 Å². The highest BCUT2D eigenvalue weighted by molar-refractivity contribution is 9.10. The third-order valence-corrected chi connectivity index (χ3v) is 7.72. The molecule has 4 heteroatoms. The molecule has 0 saturated heterocycles. The summed E-state index contributed by atoms with van der Waals surface area (Å²) in [6.45, 7) is 0. The van der Waals surface area contributed by atoms with Crippen molar-refractivity contribution in [2.75, 3.05) is 0 Å². The average Bonchev–Trinajstić information content (AvgIpc) is 2.65. The lowest BCUT2D eigenvalue weighted by atomic mass is 10.2. The number of hydrogen-bond acceptors (Lipinski definition) is 2. The first-order valence-electron chi connectivity index (χ1n) is 7.98. The van der Waals surface area contributed by atoms with Gasteiger partial charge in [-0.3, -0.25) is 0 Å². The van der Waals surface area contributed by atoms with Crippen LogP contribution in [0, 0.1) is 0 Å². The van der Waals surface area contributed by atoms with Crippen LogP contribution in [0.3, 0.4) is 0 Å². The molecule has 0 aliphatic rings. The number of hydrogen-bond donors (Lipinski definition) is 0. The summed E-state index contributed by atoms with van der Waals surface area (Å²) < 4.78 is 2.68. The minimum Gasteiger partial charge on any atom is -0.138 e. The second kappa shape index (κ2) is 9.86. The normalized spacial score (nSPS) is 11.0. The molecule has 0 spiro atoms. The predicted molar refractivity (Wildman–Crippen MR) is 120 cm³/mol. The van der Waals surface area contributed by atoms with E-state index < -0.39 is 0 Å². The fraction of sp³-hybridized carbons (Fsp3) is 0.143. The lowest BCUT2D eigenvalue weighted by molar-refractivity contribution is 1.32. The van der Waals surface area contributed by atoms with Crippen molar-refractivity contribution in [3.05, 3.63) is 104 Å². The zero-order chi connectivity index (χ0) is 17.5. The van der Waals surface area contributed by atoms with E-state index in [0.29, 0.717) is 4.58 Å². The molecule has 0 N–H and O–H groups in total. The molecular formula is C21H18Br2S2. The van der Waals surface area contributed by atoms with Crippen LogP contribution < -0.4 is 0 Å². The van der Waals surface area contributed by atoms with Gasteiger partial charge in [-0.1, -0.05) is 86.5 Å². The SMILES string of the molecule is Brc1ccc(CSC(SCc2ccc(Br)cc2)c2ccccc2)cc1. The minimum atomic E-state index is 0.425. The third-order valence-electron chi connectivity index (χ3n) is 3.70. The van der Waals surface area contributed by atoms with Gasteiger partial charge in [0.15, 0.2) is 0 Å². The molecule has 25 heavy (non-hydrogen) atoms. The van der Waals surface area contributed by atoms with Crippen molar-refractivity contribution in [1.29, 1.82) is 0 Å². The Balaban J connectivity index is 1.66. The maximum Gasteiger partial charge on any atom is 0.0757 e. The van der Waals surface area contributed by atoms with Gasteiger partial charge in [-0.05, 0) is 41.0 Å². The summed E-state index contributed by atoms with van der Waals surface area (Å²) in [6, 6.07) is 28.0. The largest absolute Gasteiger partial charge is 0.138 e. The van der Waals surface area contributed by atoms with Crippen LogP contribution in [0.2, 0.25) is 0 Å². The molecule has 0 amide bonds. The van der Waals surface area contributed by atoms with Crippen molar-refractivity contribution >= 4 is 55.4 Å². The summed E-state index contributed by atoms with van der Waals surface area (Å²) in [7, 11) is 0. The molecule has 0 heterocycles. The van der Waals surface area contributed by atoms with Crippen molar-refractivity contribution < 1.29 is 0 Å². The van der Waals surface area contributed by atoms with Crippen molar-refractivity contribution in [2.24, 2.45) is 0 Å². The van der Waals surface area contributed by atoms with Crippen LogP contribution in [0.1, 0.15) is 21.3 Å². The quantitative estimate of drug-likeness (QED) is 0.305. The highest BCUT2D eigenvalue weighted by atomic mass is 79.9. The summed E-state index contributed by atoms with van der Waals surface area (Å²) in [6.07, 6.45) is 0. The molecule has 0 radical (unpaired) electrons. The lowest BCUT2D eigenvalue weighted by Crippen LogP contribution is -1.92. The first kappa shape index (κ1) is 19.1. The van der Waals surface area contributed by atoms with E-state index in [1.807, 2.05) is 23.5 Å². The van der Waals surface area contributed by atoms with E-state index in [2.05, 4.69) is 111 Å². The summed E-state index contributed by atoms with van der Waals surface area (Å²) in [5, 5.41) is 0. The van der Waals surface area contributed by atoms with E-state index in [4.69, 9.17) is 0 Å². The maximum absolute atomic E-state index is 3.50. The molecule has 0 unspecified atom stereocenters. The minimum absolute atomic E-state index is 0.425. The molecule has 0 saturated carbocycles. The lowest BCUT2D eigenvalue weighted by Gasteiger charge is -2.17. The Morgan fingerprint density at radius 2 is 1.04 bits per heavy atom. The summed E-state index contributed by atoms with van der Waals surface area (Å²) in [4.78, 5) is 0. The van der Waals surface area contributed by atoms with Crippen molar-refractivity contribution in [3.63, 3.8) is 0 Å². The van der Waals surface area contributed by atoms with Crippen LogP contribution in [0.4, 0.5) is 0 Å². The first-order valence-corrected chi connectivity index (χ1v) is 11.7. The maximum atomic E-state index is 3.50. The Kier molecular flexibility index (Phi) is 7.53. The van der Waals surface area contributed by atoms with Gasteiger partial charge < -0.3 is 0 Å². The molecule has 0 nitrogen and oxygen atoms in total. The number of benzene rings is 3. The van der Waals surface area contributed by atoms with E-state index in [1.54, 1.807) is 0 Å². The van der Waals surface area contributed by atoms with Gasteiger partial charge in [0.05, 0.1) is 4.58 Å². The summed E-state index contributed by atoms with van der Waals surface area (Å²) >= 11 is 11.0. The van der Waals surface area contributed by atoms with Gasteiger partial charge in [-0.25, -0.2) is 0 Å². The van der Waals surface area contributed by atoms with Crippen LogP contribution in [0.15, 0.2) is 87.8 Å². The summed E-state index contributed by atoms with van der Waals surface area (Å²) in [5.74, 6) is 2.03. The molecule has 0 bridgehead atoms. The molecular weight excluding hydrogens is 476 g/mol. The zero-order valence-electron chi connectivity index (χ0n) is 13.6. The van der Waals surface area contributed by atoms with Crippen LogP contribution in [-0.2, 0) is 11.5 Å². The van der Waals surface area contributed by atoms with E-state index in [1.165, 1.54) is 16.7 Å². The van der Waals surface area contributed by atoms with E-state index in [9.17, 15) is 0 Å². The standard InChI is InChI=1S/C21H18Br2S2/c22-19-10-6-16(7-11-19)14-24-21(18-4-2-1-3-5-18)25-15-17-8-12-20(23)13-9-17/h1-13,21H,14-15H2. The molecule has 0 fully saturated rings. The van der Waals surface area contributed by atoms with Crippen LogP contribution in [-0.4, -0.2) is 0 Å². The Labute approximate surface area is 175 Å². The number of thioether (sulfide) groups is 2. The monoisotopic (exact) mass is 492 g/mol. The van der Waals surface area contributed by atoms with Gasteiger partial charge in [0, 0.05) is 20.5 Å². The molecule has 3 rings (SSSR count). The fourth-order valence-corrected chi connectivity index (χ4v) is 5.45. The molecule has 3 aromatic carbocycles. The average molecular weight is 494 g/mol. The molecule has 0 atom stereocenters. The second-order valence-electron chi connectivity index (χ2n) is 5.62. The highest BCUT2D eigenvalue weighted by Crippen LogP contribution is 2.42. The van der Waals surface area contributed by atoms with E-state index in [-0.39, 0.29) is 0 Å². The topological polar surface area (TPSA) is 0 Å². The van der Waals surface area contributed by atoms with Crippen molar-refractivity contribution in [3.8, 4) is 0 Å². The first-order chi connectivity index (χ1) is 12.2. The Hall–Kier alpha value is -0.680. The molecule has 0 aliphatic carbocycles. The fourth-order valence-electron chi connectivity index (χ4n) is 2.36. The Bertz CT molecular complexity index is 722. The Morgan fingerprint density at radius 1 is 0.600 bits per heavy atom. The number of halogens is 2. The predicted octanol–water partition coefficient (Wildman–Crippen LogP) is 8.08. The zero-order valence-corrected chi connectivity index (χ0v) is 18.4. The number of rotatable bonds is 7. The molecule has 0 aliphatic heterocycles. The molecule has 0 aromatic heterocycles. The highest BCUT2D eigenvalue weighted by Gasteiger charge is 2.13. The second-order valence-corrected chi connectivity index (χ2v) is 9.93. The van der Waals surface area contributed by atoms with Crippen molar-refractivity contribution in [1.82, 2.24) is 0 Å². The van der Waals surface area contributed by atoms with Crippen LogP contribution in [0.25, 0.3) is 0 Å². The van der Waals surface area contributed by atoms with Gasteiger partial charge in [-0.15, -0.1) is 23.5 Å². The molecule has 3 aromatic rings. The Morgan fingerprint density at radius 3 is 1.48 bits per heavy atom. The van der Waals surface area contributed by atoms with Gasteiger partial charge in [0.1, 0.15) is 0 Å². The smallest absolute Gasteiger partial charge is 0.0757 e. The summed E-state index contributed by atoms with van der Waals surface area (Å²) in [5.41, 5.74) is 4.10. The third kappa shape index (κ3) is 6.21. The van der Waals surface area contributed by atoms with Gasteiger partial charge in [-0.2, -0.15) is 0 Å². The van der Waals surface area contributed by atoms with Crippen LogP contribution >= 0.6 is 55.4 Å². The van der Waals surface area contributed by atoms with E-state index in [0.717, 1.165) is 20.5 Å². The van der Waals surface area contributed by atoms with Crippen LogP contribution in [0.5, 0.6) is 0 Å². The van der Waals surface area contributed by atoms with Gasteiger partial charge in [0.25, 0.3) is 0 Å². The van der Waals surface area contributed by atoms with Gasteiger partial charge in [0.2, 0.25) is 0 Å². The van der Waals surface area contributed by atoms with Crippen molar-refractivity contribution in [2.45, 2.75) is 16.1 Å². The molecule has 128 valence electrons. The van der Waals surface area contributed by atoms with Gasteiger partial charge >= 0.3 is 0 Å².